The zero-order valence-corrected chi connectivity index (χ0v) is 8.82. The molecule has 1 heterocycles. The van der Waals surface area contributed by atoms with Gasteiger partial charge in [0.2, 0.25) is 0 Å². The Balaban J connectivity index is 2.58. The molecule has 82 valence electrons. The molecule has 6 heteroatoms. The summed E-state index contributed by atoms with van der Waals surface area (Å²) in [4.78, 5) is 11.5. The average molecular weight is 209 g/mol. The van der Waals surface area contributed by atoms with E-state index < -0.39 is 0 Å². The molecule has 0 atom stereocenters. The van der Waals surface area contributed by atoms with Crippen LogP contribution >= 0.6 is 0 Å². The van der Waals surface area contributed by atoms with Crippen molar-refractivity contribution in [1.29, 1.82) is 0 Å². The van der Waals surface area contributed by atoms with Gasteiger partial charge in [0.1, 0.15) is 0 Å². The van der Waals surface area contributed by atoms with Gasteiger partial charge in [-0.1, -0.05) is 13.8 Å². The van der Waals surface area contributed by atoms with Crippen LogP contribution in [0.4, 0.5) is 5.82 Å². The summed E-state index contributed by atoms with van der Waals surface area (Å²) in [5.74, 6) is 5.73. The van der Waals surface area contributed by atoms with Crippen molar-refractivity contribution in [3.05, 3.63) is 17.8 Å². The first-order chi connectivity index (χ1) is 7.13. The minimum Gasteiger partial charge on any atom is -0.350 e. The van der Waals surface area contributed by atoms with Crippen LogP contribution in [0, 0.1) is 5.92 Å². The molecule has 0 radical (unpaired) electrons. The fourth-order valence-electron chi connectivity index (χ4n) is 0.918. The fraction of sp³-hybridized carbons (Fsp3) is 0.444. The van der Waals surface area contributed by atoms with Crippen molar-refractivity contribution in [2.24, 2.45) is 11.8 Å². The Labute approximate surface area is 88.2 Å². The Morgan fingerprint density at radius 2 is 2.20 bits per heavy atom. The summed E-state index contributed by atoms with van der Waals surface area (Å²) >= 11 is 0. The number of nitrogen functional groups attached to an aromatic ring is 1. The second-order valence-electron chi connectivity index (χ2n) is 3.55. The number of anilines is 1. The van der Waals surface area contributed by atoms with E-state index in [1.54, 1.807) is 12.1 Å². The van der Waals surface area contributed by atoms with Crippen LogP contribution in [0.25, 0.3) is 0 Å². The van der Waals surface area contributed by atoms with Gasteiger partial charge in [-0.15, -0.1) is 10.2 Å². The Morgan fingerprint density at radius 3 is 2.67 bits per heavy atom. The van der Waals surface area contributed by atoms with E-state index in [0.29, 0.717) is 18.3 Å². The van der Waals surface area contributed by atoms with Crippen LogP contribution in [-0.2, 0) is 0 Å². The van der Waals surface area contributed by atoms with Gasteiger partial charge in [-0.3, -0.25) is 4.79 Å². The highest BCUT2D eigenvalue weighted by molar-refractivity contribution is 5.92. The molecule has 0 fully saturated rings. The second-order valence-corrected chi connectivity index (χ2v) is 3.55. The number of hydrogen-bond acceptors (Lipinski definition) is 5. The molecule has 15 heavy (non-hydrogen) atoms. The van der Waals surface area contributed by atoms with Gasteiger partial charge in [-0.2, -0.15) is 0 Å². The molecule has 0 aliphatic rings. The fourth-order valence-corrected chi connectivity index (χ4v) is 0.918. The zero-order valence-electron chi connectivity index (χ0n) is 8.82. The summed E-state index contributed by atoms with van der Waals surface area (Å²) in [6.07, 6.45) is 0. The topological polar surface area (TPSA) is 92.9 Å². The van der Waals surface area contributed by atoms with E-state index in [0.717, 1.165) is 0 Å². The minimum absolute atomic E-state index is 0.222. The molecular formula is C9H15N5O. The first-order valence-electron chi connectivity index (χ1n) is 4.72. The molecule has 0 aliphatic carbocycles. The number of rotatable bonds is 4. The first kappa shape index (κ1) is 11.4. The molecule has 0 saturated heterocycles. The zero-order chi connectivity index (χ0) is 11.3. The van der Waals surface area contributed by atoms with Crippen molar-refractivity contribution < 1.29 is 4.79 Å². The smallest absolute Gasteiger partial charge is 0.271 e. The molecule has 4 N–H and O–H groups in total. The van der Waals surface area contributed by atoms with Crippen LogP contribution in [0.1, 0.15) is 24.3 Å². The van der Waals surface area contributed by atoms with E-state index in [-0.39, 0.29) is 11.6 Å². The van der Waals surface area contributed by atoms with Gasteiger partial charge < -0.3 is 10.7 Å². The summed E-state index contributed by atoms with van der Waals surface area (Å²) in [5, 5.41) is 10.2. The van der Waals surface area contributed by atoms with Gasteiger partial charge >= 0.3 is 0 Å². The number of carbonyl (C=O) groups excluding carboxylic acids is 1. The van der Waals surface area contributed by atoms with Crippen LogP contribution in [-0.4, -0.2) is 22.6 Å². The van der Waals surface area contributed by atoms with E-state index in [1.165, 1.54) is 0 Å². The van der Waals surface area contributed by atoms with Crippen LogP contribution in [0.5, 0.6) is 0 Å². The number of nitrogens with one attached hydrogen (secondary N) is 2. The van der Waals surface area contributed by atoms with E-state index in [1.807, 2.05) is 13.8 Å². The third-order valence-corrected chi connectivity index (χ3v) is 1.72. The Kier molecular flexibility index (Phi) is 3.99. The van der Waals surface area contributed by atoms with Crippen LogP contribution < -0.4 is 16.6 Å². The molecular weight excluding hydrogens is 194 g/mol. The number of nitrogens with two attached hydrogens (primary N) is 1. The molecule has 0 aromatic carbocycles. The van der Waals surface area contributed by atoms with Gasteiger partial charge in [0.05, 0.1) is 0 Å². The molecule has 0 spiro atoms. The van der Waals surface area contributed by atoms with E-state index in [4.69, 9.17) is 5.84 Å². The summed E-state index contributed by atoms with van der Waals surface area (Å²) < 4.78 is 0. The van der Waals surface area contributed by atoms with Crippen LogP contribution in [0.15, 0.2) is 12.1 Å². The van der Waals surface area contributed by atoms with Crippen molar-refractivity contribution in [2.75, 3.05) is 12.0 Å². The molecule has 1 rings (SSSR count). The highest BCUT2D eigenvalue weighted by Crippen LogP contribution is 1.99. The van der Waals surface area contributed by atoms with Gasteiger partial charge in [0, 0.05) is 6.54 Å². The van der Waals surface area contributed by atoms with Gasteiger partial charge in [-0.25, -0.2) is 5.84 Å². The predicted octanol–water partition coefficient (Wildman–Crippen LogP) is 0.148. The van der Waals surface area contributed by atoms with Crippen molar-refractivity contribution in [2.45, 2.75) is 13.8 Å². The SMILES string of the molecule is CC(C)CNC(=O)c1ccc(NN)nn1. The highest BCUT2D eigenvalue weighted by atomic mass is 16.1. The third-order valence-electron chi connectivity index (χ3n) is 1.72. The lowest BCUT2D eigenvalue weighted by Gasteiger charge is -2.06. The minimum atomic E-state index is -0.222. The summed E-state index contributed by atoms with van der Waals surface area (Å²) in [7, 11) is 0. The largest absolute Gasteiger partial charge is 0.350 e. The lowest BCUT2D eigenvalue weighted by Crippen LogP contribution is -2.28. The van der Waals surface area contributed by atoms with Crippen molar-refractivity contribution in [1.82, 2.24) is 15.5 Å². The predicted molar refractivity (Wildman–Crippen MR) is 57.0 cm³/mol. The van der Waals surface area contributed by atoms with Crippen LogP contribution in [0.2, 0.25) is 0 Å². The number of nitrogens with zero attached hydrogens (tertiary/aromatic N) is 2. The maximum absolute atomic E-state index is 11.5. The standard InChI is InChI=1S/C9H15N5O/c1-6(2)5-11-9(15)7-3-4-8(12-10)14-13-7/h3-4,6H,5,10H2,1-2H3,(H,11,15)(H,12,14). The van der Waals surface area contributed by atoms with Gasteiger partial charge in [0.25, 0.3) is 5.91 Å². The van der Waals surface area contributed by atoms with E-state index >= 15 is 0 Å². The second kappa shape index (κ2) is 5.26. The molecule has 0 aliphatic heterocycles. The van der Waals surface area contributed by atoms with Gasteiger partial charge in [0.15, 0.2) is 11.5 Å². The lowest BCUT2D eigenvalue weighted by molar-refractivity contribution is 0.0943. The van der Waals surface area contributed by atoms with Crippen molar-refractivity contribution >= 4 is 11.7 Å². The highest BCUT2D eigenvalue weighted by Gasteiger charge is 2.07. The number of aromatic nitrogens is 2. The molecule has 0 saturated carbocycles. The number of carbonyl (C=O) groups is 1. The number of hydrogen-bond donors (Lipinski definition) is 3. The summed E-state index contributed by atoms with van der Waals surface area (Å²) in [6.45, 7) is 4.66. The Hall–Kier alpha value is -1.69. The van der Waals surface area contributed by atoms with Crippen molar-refractivity contribution in [3.63, 3.8) is 0 Å². The molecule has 0 bridgehead atoms. The molecule has 1 amide bonds. The number of hydrazine groups is 1. The Bertz CT molecular complexity index is 322. The molecule has 1 aromatic heterocycles. The van der Waals surface area contributed by atoms with Crippen LogP contribution in [0.3, 0.4) is 0 Å². The third kappa shape index (κ3) is 3.51. The van der Waals surface area contributed by atoms with Crippen molar-refractivity contribution in [3.8, 4) is 0 Å². The molecule has 0 unspecified atom stereocenters. The van der Waals surface area contributed by atoms with E-state index in [2.05, 4.69) is 20.9 Å². The quantitative estimate of drug-likeness (QED) is 0.485. The monoisotopic (exact) mass is 209 g/mol. The maximum Gasteiger partial charge on any atom is 0.271 e. The average Bonchev–Trinajstić information content (AvgIpc) is 2.26. The maximum atomic E-state index is 11.5. The molecule has 1 aromatic rings. The van der Waals surface area contributed by atoms with E-state index in [9.17, 15) is 4.79 Å². The van der Waals surface area contributed by atoms with Gasteiger partial charge in [-0.05, 0) is 18.1 Å². The number of amides is 1. The lowest BCUT2D eigenvalue weighted by atomic mass is 10.2. The Morgan fingerprint density at radius 1 is 1.47 bits per heavy atom. The normalized spacial score (nSPS) is 10.1. The first-order valence-corrected chi connectivity index (χ1v) is 4.72. The summed E-state index contributed by atoms with van der Waals surface area (Å²) in [5.41, 5.74) is 2.62. The summed E-state index contributed by atoms with van der Waals surface area (Å²) in [6, 6.07) is 3.16. The molecule has 6 nitrogen and oxygen atoms in total.